The first-order valence-corrected chi connectivity index (χ1v) is 11.7. The van der Waals surface area contributed by atoms with Gasteiger partial charge >= 0.3 is 5.97 Å². The van der Waals surface area contributed by atoms with E-state index < -0.39 is 5.97 Å². The van der Waals surface area contributed by atoms with Gasteiger partial charge < -0.3 is 5.11 Å². The zero-order valence-electron chi connectivity index (χ0n) is 19.7. The second-order valence-corrected chi connectivity index (χ2v) is 8.34. The number of carbonyl (C=O) groups is 1. The number of rotatable bonds is 7. The van der Waals surface area contributed by atoms with E-state index in [4.69, 9.17) is 5.11 Å². The van der Waals surface area contributed by atoms with E-state index in [-0.39, 0.29) is 0 Å². The van der Waals surface area contributed by atoms with Crippen molar-refractivity contribution in [1.29, 1.82) is 0 Å². The van der Waals surface area contributed by atoms with Crippen LogP contribution < -0.4 is 0 Å². The number of fused-ring (bicyclic) bond motifs is 1. The number of nitrogens with one attached hydrogen (secondary N) is 1. The summed E-state index contributed by atoms with van der Waals surface area (Å²) in [7, 11) is 0. The van der Waals surface area contributed by atoms with Gasteiger partial charge in [-0.3, -0.25) is 15.1 Å². The molecular formula is C30H24N4O2. The van der Waals surface area contributed by atoms with Crippen molar-refractivity contribution in [1.82, 2.24) is 20.2 Å². The van der Waals surface area contributed by atoms with Crippen LogP contribution in [-0.4, -0.2) is 31.2 Å². The van der Waals surface area contributed by atoms with Crippen molar-refractivity contribution in [3.63, 3.8) is 0 Å². The summed E-state index contributed by atoms with van der Waals surface area (Å²) in [6.07, 6.45) is 10.5. The van der Waals surface area contributed by atoms with Crippen LogP contribution >= 0.6 is 0 Å². The molecule has 0 aliphatic carbocycles. The Balaban J connectivity index is 1.64. The number of carboxylic acids is 1. The smallest absolute Gasteiger partial charge is 0.328 e. The van der Waals surface area contributed by atoms with E-state index >= 15 is 0 Å². The lowest BCUT2D eigenvalue weighted by atomic mass is 9.87. The quantitative estimate of drug-likeness (QED) is 0.209. The molecule has 0 saturated heterocycles. The molecular weight excluding hydrogens is 448 g/mol. The highest BCUT2D eigenvalue weighted by atomic mass is 16.4. The minimum Gasteiger partial charge on any atom is -0.478 e. The van der Waals surface area contributed by atoms with Crippen LogP contribution in [0.3, 0.4) is 0 Å². The molecule has 36 heavy (non-hydrogen) atoms. The number of benzene rings is 3. The third-order valence-corrected chi connectivity index (χ3v) is 6.09. The van der Waals surface area contributed by atoms with Gasteiger partial charge in [0.1, 0.15) is 0 Å². The van der Waals surface area contributed by atoms with Crippen molar-refractivity contribution in [2.24, 2.45) is 0 Å². The molecule has 0 bridgehead atoms. The normalized spacial score (nSPS) is 12.1. The van der Waals surface area contributed by atoms with Gasteiger partial charge in [0.05, 0.1) is 23.6 Å². The van der Waals surface area contributed by atoms with Gasteiger partial charge in [-0.2, -0.15) is 5.10 Å². The SMILES string of the molecule is CCC(=C(c1ccc(C=CC(=O)O)cc1)c1ccc2[nH]ncc2c1)c1ccc(-c2cnccn2)cc1. The Hall–Kier alpha value is -4.84. The fourth-order valence-corrected chi connectivity index (χ4v) is 4.36. The molecule has 176 valence electrons. The van der Waals surface area contributed by atoms with Gasteiger partial charge in [0.25, 0.3) is 0 Å². The van der Waals surface area contributed by atoms with Gasteiger partial charge in [0.2, 0.25) is 0 Å². The highest BCUT2D eigenvalue weighted by molar-refractivity contribution is 6.00. The molecule has 0 saturated carbocycles. The number of aliphatic carboxylic acids is 1. The van der Waals surface area contributed by atoms with Crippen LogP contribution in [0.5, 0.6) is 0 Å². The van der Waals surface area contributed by atoms with E-state index in [1.165, 1.54) is 5.57 Å². The van der Waals surface area contributed by atoms with Gasteiger partial charge in [0.15, 0.2) is 0 Å². The lowest BCUT2D eigenvalue weighted by molar-refractivity contribution is -0.131. The minimum atomic E-state index is -0.966. The Labute approximate surface area is 208 Å². The third-order valence-electron chi connectivity index (χ3n) is 6.09. The maximum Gasteiger partial charge on any atom is 0.328 e. The molecule has 2 aromatic heterocycles. The molecule has 6 heteroatoms. The molecule has 0 amide bonds. The second-order valence-electron chi connectivity index (χ2n) is 8.34. The monoisotopic (exact) mass is 472 g/mol. The Bertz CT molecular complexity index is 1570. The molecule has 0 spiro atoms. The van der Waals surface area contributed by atoms with Gasteiger partial charge in [-0.15, -0.1) is 0 Å². The Morgan fingerprint density at radius 3 is 2.36 bits per heavy atom. The summed E-state index contributed by atoms with van der Waals surface area (Å²) < 4.78 is 0. The van der Waals surface area contributed by atoms with Crippen molar-refractivity contribution in [3.05, 3.63) is 120 Å². The molecule has 0 radical (unpaired) electrons. The van der Waals surface area contributed by atoms with E-state index in [0.717, 1.165) is 62.5 Å². The standard InChI is InChI=1S/C30H24N4O2/c1-2-26(21-8-10-22(11-9-21)28-19-31-15-16-32-28)30(24-12-13-27-25(17-24)18-33-34-27)23-6-3-20(4-7-23)5-14-29(35)36/h3-19H,2H2,1H3,(H,33,34)(H,35,36). The summed E-state index contributed by atoms with van der Waals surface area (Å²) in [6.45, 7) is 2.16. The maximum absolute atomic E-state index is 10.9. The largest absolute Gasteiger partial charge is 0.478 e. The average Bonchev–Trinajstić information content (AvgIpc) is 3.40. The number of H-pyrrole nitrogens is 1. The van der Waals surface area contributed by atoms with Crippen molar-refractivity contribution in [2.45, 2.75) is 13.3 Å². The molecule has 0 atom stereocenters. The summed E-state index contributed by atoms with van der Waals surface area (Å²) >= 11 is 0. The molecule has 3 aromatic carbocycles. The average molecular weight is 473 g/mol. The lowest BCUT2D eigenvalue weighted by Crippen LogP contribution is -1.96. The summed E-state index contributed by atoms with van der Waals surface area (Å²) in [5.74, 6) is -0.966. The lowest BCUT2D eigenvalue weighted by Gasteiger charge is -2.17. The number of carboxylic acid groups (broad SMARTS) is 1. The zero-order valence-corrected chi connectivity index (χ0v) is 19.7. The summed E-state index contributed by atoms with van der Waals surface area (Å²) in [4.78, 5) is 19.5. The topological polar surface area (TPSA) is 91.8 Å². The van der Waals surface area contributed by atoms with Crippen LogP contribution in [0.15, 0.2) is 97.6 Å². The van der Waals surface area contributed by atoms with E-state index in [0.29, 0.717) is 0 Å². The summed E-state index contributed by atoms with van der Waals surface area (Å²) in [6, 6.07) is 22.7. The summed E-state index contributed by atoms with van der Waals surface area (Å²) in [5.41, 5.74) is 9.27. The Morgan fingerprint density at radius 1 is 0.917 bits per heavy atom. The van der Waals surface area contributed by atoms with Gasteiger partial charge in [-0.1, -0.05) is 61.5 Å². The number of hydrogen-bond donors (Lipinski definition) is 2. The van der Waals surface area contributed by atoms with Crippen LogP contribution in [0.25, 0.3) is 39.4 Å². The fourth-order valence-electron chi connectivity index (χ4n) is 4.36. The maximum atomic E-state index is 10.9. The van der Waals surface area contributed by atoms with E-state index in [9.17, 15) is 4.79 Å². The number of allylic oxidation sites excluding steroid dienone is 1. The van der Waals surface area contributed by atoms with Crippen molar-refractivity contribution < 1.29 is 9.90 Å². The molecule has 2 N–H and O–H groups in total. The Morgan fingerprint density at radius 2 is 1.67 bits per heavy atom. The van der Waals surface area contributed by atoms with Crippen molar-refractivity contribution >= 4 is 34.1 Å². The fraction of sp³-hybridized carbons (Fsp3) is 0.0667. The molecule has 0 aliphatic rings. The molecule has 6 nitrogen and oxygen atoms in total. The van der Waals surface area contributed by atoms with Crippen LogP contribution in [0.2, 0.25) is 0 Å². The van der Waals surface area contributed by atoms with E-state index in [1.54, 1.807) is 24.7 Å². The van der Waals surface area contributed by atoms with Crippen molar-refractivity contribution in [2.75, 3.05) is 0 Å². The number of nitrogens with zero attached hydrogens (tertiary/aromatic N) is 3. The van der Waals surface area contributed by atoms with Crippen molar-refractivity contribution in [3.8, 4) is 11.3 Å². The predicted molar refractivity (Wildman–Crippen MR) is 143 cm³/mol. The van der Waals surface area contributed by atoms with Crippen LogP contribution in [0.1, 0.15) is 35.6 Å². The molecule has 0 fully saturated rings. The van der Waals surface area contributed by atoms with E-state index in [2.05, 4.69) is 63.5 Å². The number of aromatic amines is 1. The van der Waals surface area contributed by atoms with Crippen LogP contribution in [0, 0.1) is 0 Å². The highest BCUT2D eigenvalue weighted by Crippen LogP contribution is 2.36. The molecule has 5 aromatic rings. The van der Waals surface area contributed by atoms with Gasteiger partial charge in [-0.25, -0.2) is 4.79 Å². The van der Waals surface area contributed by atoms with E-state index in [1.807, 2.05) is 36.5 Å². The van der Waals surface area contributed by atoms with Gasteiger partial charge in [-0.05, 0) is 58.0 Å². The van der Waals surface area contributed by atoms with Gasteiger partial charge in [0, 0.05) is 29.4 Å². The Kier molecular flexibility index (Phi) is 6.49. The third kappa shape index (κ3) is 4.83. The van der Waals surface area contributed by atoms with Crippen LogP contribution in [-0.2, 0) is 4.79 Å². The second kappa shape index (κ2) is 10.2. The number of aromatic nitrogens is 4. The zero-order chi connectivity index (χ0) is 24.9. The van der Waals surface area contributed by atoms with Crippen LogP contribution in [0.4, 0.5) is 0 Å². The first kappa shape index (κ1) is 22.9. The first-order chi connectivity index (χ1) is 17.6. The molecule has 0 aliphatic heterocycles. The molecule has 5 rings (SSSR count). The molecule has 2 heterocycles. The summed E-state index contributed by atoms with van der Waals surface area (Å²) in [5, 5.41) is 17.2. The minimum absolute atomic E-state index is 0.823. The molecule has 0 unspecified atom stereocenters. The predicted octanol–water partition coefficient (Wildman–Crippen LogP) is 6.49. The highest BCUT2D eigenvalue weighted by Gasteiger charge is 2.14. The first-order valence-electron chi connectivity index (χ1n) is 11.7. The number of hydrogen-bond acceptors (Lipinski definition) is 4.